The van der Waals surface area contributed by atoms with Crippen molar-refractivity contribution in [3.8, 4) is 0 Å². The van der Waals surface area contributed by atoms with E-state index in [-0.39, 0.29) is 6.04 Å². The molecule has 0 saturated carbocycles. The van der Waals surface area contributed by atoms with E-state index < -0.39 is 0 Å². The van der Waals surface area contributed by atoms with Crippen molar-refractivity contribution in [3.63, 3.8) is 0 Å². The molecule has 19 heavy (non-hydrogen) atoms. The highest BCUT2D eigenvalue weighted by molar-refractivity contribution is 6.30. The largest absolute Gasteiger partial charge is 0.382 e. The van der Waals surface area contributed by atoms with Crippen molar-refractivity contribution in [2.75, 3.05) is 20.8 Å². The van der Waals surface area contributed by atoms with Crippen LogP contribution in [-0.4, -0.2) is 37.7 Å². The van der Waals surface area contributed by atoms with E-state index in [2.05, 4.69) is 10.4 Å². The molecule has 1 rings (SSSR count). The van der Waals surface area contributed by atoms with Gasteiger partial charge in [-0.15, -0.1) is 0 Å². The van der Waals surface area contributed by atoms with Crippen LogP contribution in [-0.2, 0) is 11.3 Å². The number of rotatable bonds is 5. The van der Waals surface area contributed by atoms with E-state index in [1.165, 1.54) is 0 Å². The van der Waals surface area contributed by atoms with Crippen LogP contribution in [0.15, 0.2) is 29.3 Å². The summed E-state index contributed by atoms with van der Waals surface area (Å²) in [5, 5.41) is 0.728. The number of methoxy groups -OCH3 is 1. The molecule has 1 atom stereocenters. The Labute approximate surface area is 119 Å². The fourth-order valence-electron chi connectivity index (χ4n) is 1.67. The maximum atomic E-state index is 5.86. The van der Waals surface area contributed by atoms with Crippen molar-refractivity contribution < 1.29 is 4.74 Å². The quantitative estimate of drug-likeness (QED) is 0.373. The van der Waals surface area contributed by atoms with Gasteiger partial charge in [-0.25, -0.2) is 10.8 Å². The van der Waals surface area contributed by atoms with Gasteiger partial charge in [0.15, 0.2) is 0 Å². The third-order valence-electron chi connectivity index (χ3n) is 2.57. The Bertz CT molecular complexity index is 408. The summed E-state index contributed by atoms with van der Waals surface area (Å²) >= 11 is 5.86. The molecule has 0 amide bonds. The van der Waals surface area contributed by atoms with Crippen molar-refractivity contribution in [2.45, 2.75) is 19.5 Å². The number of nitrogens with two attached hydrogens (primary N) is 1. The van der Waals surface area contributed by atoms with Crippen molar-refractivity contribution in [2.24, 2.45) is 10.8 Å². The van der Waals surface area contributed by atoms with Gasteiger partial charge in [0, 0.05) is 25.7 Å². The molecule has 0 radical (unpaired) electrons. The minimum Gasteiger partial charge on any atom is -0.382 e. The average molecular weight is 285 g/mol. The van der Waals surface area contributed by atoms with Gasteiger partial charge >= 0.3 is 0 Å². The SMILES string of the molecule is COCC(C)N=C(NN)N(C)Cc1ccc(Cl)cc1. The Morgan fingerprint density at radius 2 is 2.11 bits per heavy atom. The van der Waals surface area contributed by atoms with Crippen LogP contribution in [0, 0.1) is 0 Å². The average Bonchev–Trinajstić information content (AvgIpc) is 2.39. The Morgan fingerprint density at radius 3 is 2.63 bits per heavy atom. The van der Waals surface area contributed by atoms with E-state index in [1.807, 2.05) is 43.1 Å². The number of nitrogens with one attached hydrogen (secondary N) is 1. The fraction of sp³-hybridized carbons (Fsp3) is 0.462. The number of nitrogens with zero attached hydrogens (tertiary/aromatic N) is 2. The molecule has 0 saturated heterocycles. The minimum atomic E-state index is 0.0451. The van der Waals surface area contributed by atoms with Gasteiger partial charge in [-0.2, -0.15) is 0 Å². The fourth-order valence-corrected chi connectivity index (χ4v) is 1.80. The second-order valence-electron chi connectivity index (χ2n) is 4.38. The number of guanidine groups is 1. The molecule has 5 nitrogen and oxygen atoms in total. The van der Waals surface area contributed by atoms with Crippen LogP contribution in [0.1, 0.15) is 12.5 Å². The van der Waals surface area contributed by atoms with E-state index in [0.717, 1.165) is 10.6 Å². The summed E-state index contributed by atoms with van der Waals surface area (Å²) in [7, 11) is 3.58. The van der Waals surface area contributed by atoms with Crippen LogP contribution >= 0.6 is 11.6 Å². The summed E-state index contributed by atoms with van der Waals surface area (Å²) in [5.41, 5.74) is 3.75. The molecule has 6 heteroatoms. The minimum absolute atomic E-state index is 0.0451. The highest BCUT2D eigenvalue weighted by Gasteiger charge is 2.08. The number of halogens is 1. The molecule has 0 spiro atoms. The highest BCUT2D eigenvalue weighted by atomic mass is 35.5. The van der Waals surface area contributed by atoms with Crippen LogP contribution in [0.25, 0.3) is 0 Å². The van der Waals surface area contributed by atoms with Crippen LogP contribution in [0.3, 0.4) is 0 Å². The number of hydrazine groups is 1. The lowest BCUT2D eigenvalue weighted by molar-refractivity contribution is 0.185. The third kappa shape index (κ3) is 5.46. The third-order valence-corrected chi connectivity index (χ3v) is 2.83. The smallest absolute Gasteiger partial charge is 0.208 e. The summed E-state index contributed by atoms with van der Waals surface area (Å²) in [6.45, 7) is 3.22. The number of aliphatic imine (C=N–C) groups is 1. The number of benzene rings is 1. The lowest BCUT2D eigenvalue weighted by atomic mass is 10.2. The number of hydrogen-bond acceptors (Lipinski definition) is 3. The summed E-state index contributed by atoms with van der Waals surface area (Å²) in [6, 6.07) is 7.73. The monoisotopic (exact) mass is 284 g/mol. The second-order valence-corrected chi connectivity index (χ2v) is 4.82. The van der Waals surface area contributed by atoms with E-state index >= 15 is 0 Å². The molecular weight excluding hydrogens is 264 g/mol. The zero-order chi connectivity index (χ0) is 14.3. The Balaban J connectivity index is 2.68. The lowest BCUT2D eigenvalue weighted by Crippen LogP contribution is -2.43. The molecule has 0 aliphatic rings. The topological polar surface area (TPSA) is 62.9 Å². The first-order chi connectivity index (χ1) is 9.06. The molecule has 0 aromatic heterocycles. The van der Waals surface area contributed by atoms with Gasteiger partial charge in [0.05, 0.1) is 12.6 Å². The summed E-state index contributed by atoms with van der Waals surface area (Å²) < 4.78 is 5.05. The lowest BCUT2D eigenvalue weighted by Gasteiger charge is -2.22. The summed E-state index contributed by atoms with van der Waals surface area (Å²) in [4.78, 5) is 6.39. The first-order valence-corrected chi connectivity index (χ1v) is 6.43. The second kappa shape index (κ2) is 7.99. The van der Waals surface area contributed by atoms with Gasteiger partial charge in [-0.3, -0.25) is 5.43 Å². The molecule has 106 valence electrons. The zero-order valence-electron chi connectivity index (χ0n) is 11.6. The number of hydrogen-bond donors (Lipinski definition) is 2. The molecule has 1 aromatic carbocycles. The molecule has 1 aromatic rings. The first kappa shape index (κ1) is 15.8. The Hall–Kier alpha value is -1.30. The highest BCUT2D eigenvalue weighted by Crippen LogP contribution is 2.11. The molecule has 0 heterocycles. The molecule has 0 aliphatic carbocycles. The van der Waals surface area contributed by atoms with E-state index in [0.29, 0.717) is 19.1 Å². The van der Waals surface area contributed by atoms with E-state index in [4.69, 9.17) is 22.2 Å². The van der Waals surface area contributed by atoms with Gasteiger partial charge < -0.3 is 9.64 Å². The first-order valence-electron chi connectivity index (χ1n) is 6.05. The van der Waals surface area contributed by atoms with Gasteiger partial charge in [0.2, 0.25) is 5.96 Å². The van der Waals surface area contributed by atoms with E-state index in [1.54, 1.807) is 7.11 Å². The molecule has 3 N–H and O–H groups in total. The van der Waals surface area contributed by atoms with Crippen molar-refractivity contribution in [1.29, 1.82) is 0 Å². The van der Waals surface area contributed by atoms with Crippen LogP contribution in [0.5, 0.6) is 0 Å². The maximum Gasteiger partial charge on any atom is 0.208 e. The zero-order valence-corrected chi connectivity index (χ0v) is 12.3. The summed E-state index contributed by atoms with van der Waals surface area (Å²) in [6.07, 6.45) is 0. The van der Waals surface area contributed by atoms with Gasteiger partial charge in [-0.1, -0.05) is 23.7 Å². The molecular formula is C13H21ClN4O. The van der Waals surface area contributed by atoms with Crippen LogP contribution < -0.4 is 11.3 Å². The van der Waals surface area contributed by atoms with Gasteiger partial charge in [0.1, 0.15) is 0 Å². The normalized spacial score (nSPS) is 13.2. The van der Waals surface area contributed by atoms with Crippen molar-refractivity contribution in [3.05, 3.63) is 34.9 Å². The standard InChI is InChI=1S/C13H21ClN4O/c1-10(9-19-3)16-13(17-15)18(2)8-11-4-6-12(14)7-5-11/h4-7,10H,8-9,15H2,1-3H3,(H,16,17). The predicted octanol–water partition coefficient (Wildman–Crippen LogP) is 1.63. The maximum absolute atomic E-state index is 5.86. The molecule has 0 fully saturated rings. The predicted molar refractivity (Wildman–Crippen MR) is 79.0 cm³/mol. The van der Waals surface area contributed by atoms with Gasteiger partial charge in [0.25, 0.3) is 0 Å². The Kier molecular flexibility index (Phi) is 6.62. The Morgan fingerprint density at radius 1 is 1.47 bits per heavy atom. The van der Waals surface area contributed by atoms with Gasteiger partial charge in [-0.05, 0) is 24.6 Å². The van der Waals surface area contributed by atoms with Crippen molar-refractivity contribution in [1.82, 2.24) is 10.3 Å². The summed E-state index contributed by atoms with van der Waals surface area (Å²) in [5.74, 6) is 6.14. The van der Waals surface area contributed by atoms with Crippen LogP contribution in [0.4, 0.5) is 0 Å². The molecule has 0 aliphatic heterocycles. The number of ether oxygens (including phenoxy) is 1. The van der Waals surface area contributed by atoms with Crippen LogP contribution in [0.2, 0.25) is 5.02 Å². The molecule has 1 unspecified atom stereocenters. The van der Waals surface area contributed by atoms with Crippen molar-refractivity contribution >= 4 is 17.6 Å². The molecule has 0 bridgehead atoms. The van der Waals surface area contributed by atoms with E-state index in [9.17, 15) is 0 Å².